The molecule has 9 heteroatoms. The van der Waals surface area contributed by atoms with Gasteiger partial charge in [0.2, 0.25) is 11.8 Å². The van der Waals surface area contributed by atoms with Gasteiger partial charge in [0.1, 0.15) is 18.1 Å². The maximum absolute atomic E-state index is 14.1. The Bertz CT molecular complexity index is 1440. The number of fused-ring (bicyclic) bond motifs is 1. The van der Waals surface area contributed by atoms with Gasteiger partial charge >= 0.3 is 0 Å². The number of benzene rings is 3. The summed E-state index contributed by atoms with van der Waals surface area (Å²) in [5.74, 6) is -0.470. The van der Waals surface area contributed by atoms with E-state index in [1.165, 1.54) is 0 Å². The van der Waals surface area contributed by atoms with Gasteiger partial charge in [-0.3, -0.25) is 9.59 Å². The third-order valence-electron chi connectivity index (χ3n) is 7.31. The number of rotatable bonds is 10. The largest absolute Gasteiger partial charge is 0.378 e. The van der Waals surface area contributed by atoms with E-state index >= 15 is 0 Å². The minimum atomic E-state index is -0.846. The third kappa shape index (κ3) is 6.31. The van der Waals surface area contributed by atoms with Gasteiger partial charge in [0.25, 0.3) is 0 Å². The summed E-state index contributed by atoms with van der Waals surface area (Å²) in [4.78, 5) is 31.7. The van der Waals surface area contributed by atoms with Gasteiger partial charge in [-0.05, 0) is 55.2 Å². The van der Waals surface area contributed by atoms with E-state index in [9.17, 15) is 9.59 Å². The van der Waals surface area contributed by atoms with Crippen molar-refractivity contribution >= 4 is 28.5 Å². The molecule has 0 spiro atoms. The van der Waals surface area contributed by atoms with E-state index in [0.717, 1.165) is 40.7 Å². The van der Waals surface area contributed by atoms with Crippen LogP contribution in [0.15, 0.2) is 72.8 Å². The minimum absolute atomic E-state index is 0.0107. The average molecular weight is 541 g/mol. The number of nitrogens with zero attached hydrogens (tertiary/aromatic N) is 5. The quantitative estimate of drug-likeness (QED) is 0.328. The Morgan fingerprint density at radius 1 is 1.05 bits per heavy atom. The number of ether oxygens (including phenoxy) is 1. The molecule has 9 nitrogen and oxygen atoms in total. The molecule has 40 heavy (non-hydrogen) atoms. The van der Waals surface area contributed by atoms with Crippen molar-refractivity contribution in [2.45, 2.75) is 45.0 Å². The highest BCUT2D eigenvalue weighted by Crippen LogP contribution is 2.27. The number of aryl methyl sites for hydroxylation is 1. The van der Waals surface area contributed by atoms with Crippen LogP contribution in [0.5, 0.6) is 0 Å². The summed E-state index contributed by atoms with van der Waals surface area (Å²) < 4.78 is 7.33. The van der Waals surface area contributed by atoms with Crippen molar-refractivity contribution in [3.63, 3.8) is 0 Å². The Hall–Kier alpha value is -4.24. The molecular weight excluding hydrogens is 504 g/mol. The number of amides is 2. The predicted molar refractivity (Wildman–Crippen MR) is 155 cm³/mol. The van der Waals surface area contributed by atoms with Gasteiger partial charge in [0.05, 0.1) is 11.6 Å². The van der Waals surface area contributed by atoms with Crippen molar-refractivity contribution in [3.05, 3.63) is 89.5 Å². The van der Waals surface area contributed by atoms with Crippen LogP contribution in [-0.2, 0) is 27.4 Å². The molecule has 2 amide bonds. The van der Waals surface area contributed by atoms with Crippen LogP contribution in [0.25, 0.3) is 11.0 Å². The molecule has 0 radical (unpaired) electrons. The van der Waals surface area contributed by atoms with E-state index in [2.05, 4.69) is 15.6 Å². The third-order valence-corrected chi connectivity index (χ3v) is 7.31. The molecule has 3 aromatic carbocycles. The molecule has 1 N–H and O–H groups in total. The fraction of sp³-hybridized carbons (Fsp3) is 0.355. The van der Waals surface area contributed by atoms with Gasteiger partial charge in [-0.1, -0.05) is 59.3 Å². The van der Waals surface area contributed by atoms with Gasteiger partial charge in [-0.15, -0.1) is 5.10 Å². The lowest BCUT2D eigenvalue weighted by Crippen LogP contribution is -2.46. The first-order valence-corrected chi connectivity index (χ1v) is 13.7. The van der Waals surface area contributed by atoms with Crippen LogP contribution in [0.3, 0.4) is 0 Å². The normalized spacial score (nSPS) is 15.6. The fourth-order valence-corrected chi connectivity index (χ4v) is 5.01. The minimum Gasteiger partial charge on any atom is -0.378 e. The summed E-state index contributed by atoms with van der Waals surface area (Å²) >= 11 is 0. The Balaban J connectivity index is 1.50. The highest BCUT2D eigenvalue weighted by molar-refractivity contribution is 5.89. The second-order valence-electron chi connectivity index (χ2n) is 10.5. The first kappa shape index (κ1) is 27.3. The SMILES string of the molecule is Cc1ccc(CN(C(=O)Cn2nnc3ccccc32)[C@H](C(=O)NC[C@@H]2CCCO2)c2ccc(N(C)C)cc2)cc1. The lowest BCUT2D eigenvalue weighted by molar-refractivity contribution is -0.142. The number of para-hydroxylation sites is 1. The van der Waals surface area contributed by atoms with E-state index in [1.54, 1.807) is 9.58 Å². The van der Waals surface area contributed by atoms with Crippen LogP contribution < -0.4 is 10.2 Å². The standard InChI is InChI=1S/C31H36N6O3/c1-22-10-12-23(13-11-22)20-36(29(38)21-37-28-9-5-4-8-27(28)33-34-37)30(24-14-16-25(17-15-24)35(2)3)31(39)32-19-26-7-6-18-40-26/h4-5,8-17,26,30H,6-7,18-21H2,1-3H3,(H,32,39)/t26-,30-/m0/s1. The van der Waals surface area contributed by atoms with Crippen LogP contribution in [0.2, 0.25) is 0 Å². The molecule has 2 atom stereocenters. The summed E-state index contributed by atoms with van der Waals surface area (Å²) in [6.45, 7) is 3.36. The highest BCUT2D eigenvalue weighted by Gasteiger charge is 2.33. The van der Waals surface area contributed by atoms with Crippen molar-refractivity contribution in [1.82, 2.24) is 25.2 Å². The number of carbonyl (C=O) groups excluding carboxylic acids is 2. The molecule has 0 bridgehead atoms. The first-order chi connectivity index (χ1) is 19.4. The molecule has 2 heterocycles. The molecule has 0 unspecified atom stereocenters. The summed E-state index contributed by atoms with van der Waals surface area (Å²) in [6.07, 6.45) is 1.89. The number of nitrogens with one attached hydrogen (secondary N) is 1. The number of anilines is 1. The molecule has 1 aliphatic rings. The molecule has 0 aliphatic carbocycles. The first-order valence-electron chi connectivity index (χ1n) is 13.7. The van der Waals surface area contributed by atoms with Gasteiger partial charge in [0.15, 0.2) is 0 Å². The Morgan fingerprint density at radius 3 is 2.50 bits per heavy atom. The second-order valence-corrected chi connectivity index (χ2v) is 10.5. The zero-order valence-corrected chi connectivity index (χ0v) is 23.3. The maximum Gasteiger partial charge on any atom is 0.247 e. The number of hydrogen-bond donors (Lipinski definition) is 1. The maximum atomic E-state index is 14.1. The average Bonchev–Trinajstić information content (AvgIpc) is 3.63. The summed E-state index contributed by atoms with van der Waals surface area (Å²) in [7, 11) is 3.94. The lowest BCUT2D eigenvalue weighted by atomic mass is 10.0. The number of aromatic nitrogens is 3. The Morgan fingerprint density at radius 2 is 1.80 bits per heavy atom. The monoisotopic (exact) mass is 540 g/mol. The number of carbonyl (C=O) groups is 2. The van der Waals surface area contributed by atoms with Crippen LogP contribution in [0.1, 0.15) is 35.6 Å². The van der Waals surface area contributed by atoms with Crippen molar-refractivity contribution < 1.29 is 14.3 Å². The van der Waals surface area contributed by atoms with E-state index in [-0.39, 0.29) is 31.0 Å². The zero-order valence-electron chi connectivity index (χ0n) is 23.3. The molecule has 1 fully saturated rings. The van der Waals surface area contributed by atoms with Gasteiger partial charge in [-0.2, -0.15) is 0 Å². The Kier molecular flexibility index (Phi) is 8.40. The lowest BCUT2D eigenvalue weighted by Gasteiger charge is -2.32. The summed E-state index contributed by atoms with van der Waals surface area (Å²) in [6, 6.07) is 22.5. The van der Waals surface area contributed by atoms with Crippen LogP contribution in [0.4, 0.5) is 5.69 Å². The van der Waals surface area contributed by atoms with E-state index in [4.69, 9.17) is 4.74 Å². The topological polar surface area (TPSA) is 92.6 Å². The number of hydrogen-bond acceptors (Lipinski definition) is 6. The van der Waals surface area contributed by atoms with Crippen LogP contribution in [-0.4, -0.2) is 65.1 Å². The van der Waals surface area contributed by atoms with Gasteiger partial charge in [0, 0.05) is 39.5 Å². The van der Waals surface area contributed by atoms with Crippen molar-refractivity contribution in [2.24, 2.45) is 0 Å². The molecular formula is C31H36N6O3. The zero-order chi connectivity index (χ0) is 28.1. The smallest absolute Gasteiger partial charge is 0.247 e. The van der Waals surface area contributed by atoms with Gasteiger partial charge in [-0.25, -0.2) is 4.68 Å². The van der Waals surface area contributed by atoms with Crippen molar-refractivity contribution in [1.29, 1.82) is 0 Å². The summed E-state index contributed by atoms with van der Waals surface area (Å²) in [5, 5.41) is 11.5. The van der Waals surface area contributed by atoms with Crippen LogP contribution in [0, 0.1) is 6.92 Å². The Labute approximate surface area is 234 Å². The van der Waals surface area contributed by atoms with Crippen LogP contribution >= 0.6 is 0 Å². The van der Waals surface area contributed by atoms with Gasteiger partial charge < -0.3 is 19.9 Å². The molecule has 1 aromatic heterocycles. The van der Waals surface area contributed by atoms with E-state index in [0.29, 0.717) is 18.7 Å². The van der Waals surface area contributed by atoms with E-state index in [1.807, 2.05) is 98.7 Å². The summed E-state index contributed by atoms with van der Waals surface area (Å²) in [5.41, 5.74) is 5.28. The highest BCUT2D eigenvalue weighted by atomic mass is 16.5. The molecule has 208 valence electrons. The fourth-order valence-electron chi connectivity index (χ4n) is 5.01. The molecule has 4 aromatic rings. The molecule has 5 rings (SSSR count). The predicted octanol–water partition coefficient (Wildman–Crippen LogP) is 3.87. The molecule has 1 saturated heterocycles. The van der Waals surface area contributed by atoms with Crippen molar-refractivity contribution in [3.8, 4) is 0 Å². The molecule has 1 aliphatic heterocycles. The second kappa shape index (κ2) is 12.3. The van der Waals surface area contributed by atoms with E-state index < -0.39 is 6.04 Å². The molecule has 0 saturated carbocycles. The van der Waals surface area contributed by atoms with Crippen molar-refractivity contribution in [2.75, 3.05) is 32.1 Å².